The van der Waals surface area contributed by atoms with Gasteiger partial charge in [-0.1, -0.05) is 30.3 Å². The largest absolute Gasteiger partial charge is 0.339 e. The fourth-order valence-electron chi connectivity index (χ4n) is 2.12. The number of hydrogen-bond donors (Lipinski definition) is 0. The van der Waals surface area contributed by atoms with Crippen LogP contribution in [0, 0.1) is 11.6 Å². The number of rotatable bonds is 5. The standard InChI is InChI=1S/C17H17F2NO/c1-2-20(11-10-13-6-4-3-5-7-13)17(21)14-8-9-15(18)16(19)12-14/h3-9,12H,2,10-11H2,1H3. The van der Waals surface area contributed by atoms with Crippen LogP contribution < -0.4 is 0 Å². The summed E-state index contributed by atoms with van der Waals surface area (Å²) in [4.78, 5) is 13.9. The number of carbonyl (C=O) groups excluding carboxylic acids is 1. The summed E-state index contributed by atoms with van der Waals surface area (Å²) in [7, 11) is 0. The summed E-state index contributed by atoms with van der Waals surface area (Å²) in [6, 6.07) is 13.1. The van der Waals surface area contributed by atoms with Gasteiger partial charge < -0.3 is 4.90 Å². The first-order valence-corrected chi connectivity index (χ1v) is 6.90. The van der Waals surface area contributed by atoms with Crippen molar-refractivity contribution in [2.24, 2.45) is 0 Å². The summed E-state index contributed by atoms with van der Waals surface area (Å²) in [6.07, 6.45) is 0.726. The Morgan fingerprint density at radius 2 is 1.76 bits per heavy atom. The number of hydrogen-bond acceptors (Lipinski definition) is 1. The molecule has 0 aromatic heterocycles. The van der Waals surface area contributed by atoms with E-state index in [4.69, 9.17) is 0 Å². The van der Waals surface area contributed by atoms with Crippen LogP contribution in [-0.4, -0.2) is 23.9 Å². The predicted octanol–water partition coefficient (Wildman–Crippen LogP) is 3.67. The summed E-state index contributed by atoms with van der Waals surface area (Å²) in [6.45, 7) is 2.92. The van der Waals surface area contributed by atoms with Gasteiger partial charge in [-0.25, -0.2) is 8.78 Å². The molecule has 4 heteroatoms. The number of halogens is 2. The second-order valence-electron chi connectivity index (χ2n) is 4.75. The van der Waals surface area contributed by atoms with Gasteiger partial charge >= 0.3 is 0 Å². The van der Waals surface area contributed by atoms with Crippen molar-refractivity contribution in [3.05, 3.63) is 71.3 Å². The van der Waals surface area contributed by atoms with Crippen molar-refractivity contribution in [3.8, 4) is 0 Å². The van der Waals surface area contributed by atoms with Crippen LogP contribution in [0.15, 0.2) is 48.5 Å². The second kappa shape index (κ2) is 6.97. The molecule has 0 saturated carbocycles. The minimum atomic E-state index is -1.00. The summed E-state index contributed by atoms with van der Waals surface area (Å²) in [5, 5.41) is 0. The highest BCUT2D eigenvalue weighted by molar-refractivity contribution is 5.94. The zero-order chi connectivity index (χ0) is 15.2. The van der Waals surface area contributed by atoms with Gasteiger partial charge in [-0.2, -0.15) is 0 Å². The van der Waals surface area contributed by atoms with Crippen LogP contribution >= 0.6 is 0 Å². The van der Waals surface area contributed by atoms with Gasteiger partial charge in [0.1, 0.15) is 0 Å². The van der Waals surface area contributed by atoms with Crippen LogP contribution in [0.2, 0.25) is 0 Å². The second-order valence-corrected chi connectivity index (χ2v) is 4.75. The zero-order valence-corrected chi connectivity index (χ0v) is 11.9. The van der Waals surface area contributed by atoms with Crippen molar-refractivity contribution in [1.82, 2.24) is 4.90 Å². The topological polar surface area (TPSA) is 20.3 Å². The van der Waals surface area contributed by atoms with Crippen molar-refractivity contribution < 1.29 is 13.6 Å². The highest BCUT2D eigenvalue weighted by Gasteiger charge is 2.15. The van der Waals surface area contributed by atoms with E-state index < -0.39 is 11.6 Å². The average Bonchev–Trinajstić information content (AvgIpc) is 2.51. The molecular weight excluding hydrogens is 272 g/mol. The molecule has 110 valence electrons. The van der Waals surface area contributed by atoms with Crippen LogP contribution in [0.4, 0.5) is 8.78 Å². The minimum Gasteiger partial charge on any atom is -0.339 e. The van der Waals surface area contributed by atoms with Gasteiger partial charge in [0.05, 0.1) is 0 Å². The Labute approximate surface area is 123 Å². The molecule has 1 amide bonds. The van der Waals surface area contributed by atoms with Gasteiger partial charge in [-0.05, 0) is 37.1 Å². The van der Waals surface area contributed by atoms with E-state index in [0.29, 0.717) is 13.1 Å². The van der Waals surface area contributed by atoms with Gasteiger partial charge in [0.15, 0.2) is 11.6 Å². The fourth-order valence-corrected chi connectivity index (χ4v) is 2.12. The third-order valence-corrected chi connectivity index (χ3v) is 3.35. The van der Waals surface area contributed by atoms with E-state index in [0.717, 1.165) is 24.1 Å². The highest BCUT2D eigenvalue weighted by atomic mass is 19.2. The quantitative estimate of drug-likeness (QED) is 0.822. The first kappa shape index (κ1) is 15.2. The Morgan fingerprint density at radius 3 is 2.38 bits per heavy atom. The lowest BCUT2D eigenvalue weighted by Crippen LogP contribution is -2.32. The molecule has 2 rings (SSSR count). The number of nitrogens with zero attached hydrogens (tertiary/aromatic N) is 1. The summed E-state index contributed by atoms with van der Waals surface area (Å²) in [5.74, 6) is -2.23. The summed E-state index contributed by atoms with van der Waals surface area (Å²) in [5.41, 5.74) is 1.30. The Kier molecular flexibility index (Phi) is 5.04. The van der Waals surface area contributed by atoms with Crippen molar-refractivity contribution in [2.45, 2.75) is 13.3 Å². The zero-order valence-electron chi connectivity index (χ0n) is 11.9. The Morgan fingerprint density at radius 1 is 1.05 bits per heavy atom. The van der Waals surface area contributed by atoms with Gasteiger partial charge in [-0.15, -0.1) is 0 Å². The van der Waals surface area contributed by atoms with Crippen molar-refractivity contribution in [3.63, 3.8) is 0 Å². The molecule has 21 heavy (non-hydrogen) atoms. The van der Waals surface area contributed by atoms with Crippen LogP contribution in [0.3, 0.4) is 0 Å². The molecule has 0 spiro atoms. The lowest BCUT2D eigenvalue weighted by atomic mass is 10.1. The van der Waals surface area contributed by atoms with Gasteiger partial charge in [0.25, 0.3) is 5.91 Å². The molecule has 0 N–H and O–H groups in total. The van der Waals surface area contributed by atoms with Crippen LogP contribution in [0.25, 0.3) is 0 Å². The maximum Gasteiger partial charge on any atom is 0.253 e. The van der Waals surface area contributed by atoms with Gasteiger partial charge in [0, 0.05) is 18.7 Å². The molecule has 0 saturated heterocycles. The third kappa shape index (κ3) is 3.88. The summed E-state index contributed by atoms with van der Waals surface area (Å²) < 4.78 is 26.1. The lowest BCUT2D eigenvalue weighted by molar-refractivity contribution is 0.0765. The maximum absolute atomic E-state index is 13.2. The van der Waals surface area contributed by atoms with Crippen molar-refractivity contribution in [1.29, 1.82) is 0 Å². The van der Waals surface area contributed by atoms with E-state index in [1.807, 2.05) is 37.3 Å². The molecule has 0 radical (unpaired) electrons. The highest BCUT2D eigenvalue weighted by Crippen LogP contribution is 2.12. The van der Waals surface area contributed by atoms with E-state index in [1.54, 1.807) is 4.90 Å². The molecule has 2 nitrogen and oxygen atoms in total. The fraction of sp³-hybridized carbons (Fsp3) is 0.235. The SMILES string of the molecule is CCN(CCc1ccccc1)C(=O)c1ccc(F)c(F)c1. The van der Waals surface area contributed by atoms with E-state index >= 15 is 0 Å². The normalized spacial score (nSPS) is 10.4. The van der Waals surface area contributed by atoms with Crippen molar-refractivity contribution >= 4 is 5.91 Å². The maximum atomic E-state index is 13.2. The van der Waals surface area contributed by atoms with Gasteiger partial charge in [0.2, 0.25) is 0 Å². The molecule has 2 aromatic carbocycles. The number of amides is 1. The smallest absolute Gasteiger partial charge is 0.253 e. The lowest BCUT2D eigenvalue weighted by Gasteiger charge is -2.21. The molecule has 2 aromatic rings. The van der Waals surface area contributed by atoms with Crippen molar-refractivity contribution in [2.75, 3.05) is 13.1 Å². The van der Waals surface area contributed by atoms with Crippen LogP contribution in [0.1, 0.15) is 22.8 Å². The molecule has 0 aliphatic heterocycles. The van der Waals surface area contributed by atoms with Crippen LogP contribution in [0.5, 0.6) is 0 Å². The van der Waals surface area contributed by atoms with E-state index in [-0.39, 0.29) is 11.5 Å². The molecule has 0 unspecified atom stereocenters. The summed E-state index contributed by atoms with van der Waals surface area (Å²) >= 11 is 0. The van der Waals surface area contributed by atoms with E-state index in [1.165, 1.54) is 6.07 Å². The molecule has 0 aliphatic rings. The van der Waals surface area contributed by atoms with E-state index in [9.17, 15) is 13.6 Å². The minimum absolute atomic E-state index is 0.170. The van der Waals surface area contributed by atoms with E-state index in [2.05, 4.69) is 0 Å². The molecule has 0 bridgehead atoms. The molecule has 0 fully saturated rings. The monoisotopic (exact) mass is 289 g/mol. The predicted molar refractivity (Wildman–Crippen MR) is 78.1 cm³/mol. The molecule has 0 atom stereocenters. The van der Waals surface area contributed by atoms with Gasteiger partial charge in [-0.3, -0.25) is 4.79 Å². The Hall–Kier alpha value is -2.23. The molecule has 0 aliphatic carbocycles. The Balaban J connectivity index is 2.06. The number of carbonyl (C=O) groups is 1. The van der Waals surface area contributed by atoms with Crippen LogP contribution in [-0.2, 0) is 6.42 Å². The first-order valence-electron chi connectivity index (χ1n) is 6.90. The number of likely N-dealkylation sites (N-methyl/N-ethyl adjacent to an activating group) is 1. The number of benzene rings is 2. The first-order chi connectivity index (χ1) is 10.1. The third-order valence-electron chi connectivity index (χ3n) is 3.35. The molecular formula is C17H17F2NO. The average molecular weight is 289 g/mol. The Bertz CT molecular complexity index is 613. The molecule has 0 heterocycles.